The number of para-hydroxylation sites is 1. The van der Waals surface area contributed by atoms with Crippen LogP contribution in [0, 0.1) is 11.8 Å². The third-order valence-corrected chi connectivity index (χ3v) is 3.83. The van der Waals surface area contributed by atoms with E-state index in [2.05, 4.69) is 21.2 Å². The summed E-state index contributed by atoms with van der Waals surface area (Å²) in [5, 5.41) is 11.5. The summed E-state index contributed by atoms with van der Waals surface area (Å²) in [6.45, 7) is 2.20. The molecule has 0 spiro atoms. The molecule has 3 unspecified atom stereocenters. The van der Waals surface area contributed by atoms with E-state index in [1.807, 2.05) is 31.2 Å². The molecule has 2 rings (SSSR count). The first kappa shape index (κ1) is 14.8. The van der Waals surface area contributed by atoms with Gasteiger partial charge >= 0.3 is 5.97 Å². The van der Waals surface area contributed by atoms with Gasteiger partial charge in [-0.3, -0.25) is 9.59 Å². The number of nitrogens with one attached hydrogen (secondary N) is 1. The highest BCUT2D eigenvalue weighted by Gasteiger charge is 2.48. The van der Waals surface area contributed by atoms with Crippen LogP contribution in [-0.2, 0) is 9.59 Å². The Morgan fingerprint density at radius 1 is 1.45 bits per heavy atom. The predicted molar refractivity (Wildman–Crippen MR) is 76.5 cm³/mol. The summed E-state index contributed by atoms with van der Waals surface area (Å²) in [5.74, 6) is -1.30. The van der Waals surface area contributed by atoms with Gasteiger partial charge in [0.2, 0.25) is 5.91 Å². The van der Waals surface area contributed by atoms with E-state index in [4.69, 9.17) is 9.84 Å². The van der Waals surface area contributed by atoms with Crippen molar-refractivity contribution in [3.05, 3.63) is 28.7 Å². The fraction of sp³-hybridized carbons (Fsp3) is 0.429. The highest BCUT2D eigenvalue weighted by Crippen LogP contribution is 2.38. The number of halogens is 1. The molecule has 1 aromatic rings. The standard InChI is InChI=1S/C14H16BrNO4/c1-8(20-12-5-3-2-4-11(12)15)7-16-13(17)9-6-10(9)14(18)19/h2-5,8-10H,6-7H2,1H3,(H,16,17)(H,18,19). The molecule has 5 nitrogen and oxygen atoms in total. The van der Waals surface area contributed by atoms with Crippen molar-refractivity contribution >= 4 is 27.8 Å². The second-order valence-electron chi connectivity index (χ2n) is 4.89. The molecule has 20 heavy (non-hydrogen) atoms. The van der Waals surface area contributed by atoms with Gasteiger partial charge in [0.25, 0.3) is 0 Å². The van der Waals surface area contributed by atoms with Crippen LogP contribution in [0.4, 0.5) is 0 Å². The van der Waals surface area contributed by atoms with Crippen LogP contribution in [0.1, 0.15) is 13.3 Å². The summed E-state index contributed by atoms with van der Waals surface area (Å²) in [7, 11) is 0. The fourth-order valence-electron chi connectivity index (χ4n) is 1.93. The lowest BCUT2D eigenvalue weighted by Gasteiger charge is -2.16. The van der Waals surface area contributed by atoms with Crippen LogP contribution in [0.5, 0.6) is 5.75 Å². The second kappa shape index (κ2) is 6.26. The Labute approximate surface area is 125 Å². The van der Waals surface area contributed by atoms with E-state index < -0.39 is 11.9 Å². The van der Waals surface area contributed by atoms with Gasteiger partial charge in [-0.15, -0.1) is 0 Å². The lowest BCUT2D eigenvalue weighted by molar-refractivity contribution is -0.140. The fourth-order valence-corrected chi connectivity index (χ4v) is 2.31. The highest BCUT2D eigenvalue weighted by atomic mass is 79.9. The van der Waals surface area contributed by atoms with Gasteiger partial charge in [0.05, 0.1) is 22.9 Å². The highest BCUT2D eigenvalue weighted by molar-refractivity contribution is 9.10. The van der Waals surface area contributed by atoms with Gasteiger partial charge in [-0.25, -0.2) is 0 Å². The monoisotopic (exact) mass is 341 g/mol. The van der Waals surface area contributed by atoms with Gasteiger partial charge in [-0.1, -0.05) is 12.1 Å². The lowest BCUT2D eigenvalue weighted by Crippen LogP contribution is -2.35. The summed E-state index contributed by atoms with van der Waals surface area (Å²) in [4.78, 5) is 22.4. The topological polar surface area (TPSA) is 75.6 Å². The Hall–Kier alpha value is -1.56. The zero-order chi connectivity index (χ0) is 14.7. The van der Waals surface area contributed by atoms with Crippen molar-refractivity contribution in [2.45, 2.75) is 19.4 Å². The Kier molecular flexibility index (Phi) is 4.65. The third kappa shape index (κ3) is 3.72. The minimum Gasteiger partial charge on any atom is -0.488 e. The molecular formula is C14H16BrNO4. The number of carboxylic acid groups (broad SMARTS) is 1. The molecule has 1 amide bonds. The van der Waals surface area contributed by atoms with Crippen molar-refractivity contribution in [1.82, 2.24) is 5.32 Å². The summed E-state index contributed by atoms with van der Waals surface area (Å²) < 4.78 is 6.55. The summed E-state index contributed by atoms with van der Waals surface area (Å²) in [6.07, 6.45) is 0.236. The summed E-state index contributed by atoms with van der Waals surface area (Å²) in [5.41, 5.74) is 0. The first-order chi connectivity index (χ1) is 9.49. The van der Waals surface area contributed by atoms with Crippen LogP contribution in [0.25, 0.3) is 0 Å². The van der Waals surface area contributed by atoms with E-state index in [0.717, 1.165) is 4.47 Å². The number of carbonyl (C=O) groups is 2. The van der Waals surface area contributed by atoms with Crippen LogP contribution in [0.3, 0.4) is 0 Å². The number of carboxylic acids is 1. The molecule has 1 saturated carbocycles. The smallest absolute Gasteiger partial charge is 0.307 e. The Bertz CT molecular complexity index is 520. The Morgan fingerprint density at radius 3 is 2.75 bits per heavy atom. The van der Waals surface area contributed by atoms with Crippen molar-refractivity contribution in [1.29, 1.82) is 0 Å². The van der Waals surface area contributed by atoms with Crippen molar-refractivity contribution < 1.29 is 19.4 Å². The molecule has 6 heteroatoms. The van der Waals surface area contributed by atoms with E-state index in [9.17, 15) is 9.59 Å². The van der Waals surface area contributed by atoms with Gasteiger partial charge in [0, 0.05) is 0 Å². The van der Waals surface area contributed by atoms with Gasteiger partial charge in [-0.2, -0.15) is 0 Å². The molecule has 0 heterocycles. The van der Waals surface area contributed by atoms with Gasteiger partial charge in [0.1, 0.15) is 11.9 Å². The molecule has 0 aromatic heterocycles. The van der Waals surface area contributed by atoms with Gasteiger partial charge in [-0.05, 0) is 41.4 Å². The number of rotatable bonds is 6. The maximum atomic E-state index is 11.7. The molecule has 0 bridgehead atoms. The lowest BCUT2D eigenvalue weighted by atomic mass is 10.3. The summed E-state index contributed by atoms with van der Waals surface area (Å²) in [6, 6.07) is 7.47. The molecule has 1 aliphatic rings. The van der Waals surface area contributed by atoms with Gasteiger partial charge < -0.3 is 15.2 Å². The predicted octanol–water partition coefficient (Wildman–Crippen LogP) is 2.05. The van der Waals surface area contributed by atoms with E-state index in [1.54, 1.807) is 0 Å². The van der Waals surface area contributed by atoms with Crippen LogP contribution >= 0.6 is 15.9 Å². The van der Waals surface area contributed by atoms with Crippen molar-refractivity contribution in [2.75, 3.05) is 6.54 Å². The molecule has 0 saturated heterocycles. The quantitative estimate of drug-likeness (QED) is 0.830. The Balaban J connectivity index is 1.76. The average molecular weight is 342 g/mol. The van der Waals surface area contributed by atoms with Crippen molar-refractivity contribution in [2.24, 2.45) is 11.8 Å². The number of carbonyl (C=O) groups excluding carboxylic acids is 1. The zero-order valence-electron chi connectivity index (χ0n) is 11.0. The number of ether oxygens (including phenoxy) is 1. The number of benzene rings is 1. The molecular weight excluding hydrogens is 326 g/mol. The largest absolute Gasteiger partial charge is 0.488 e. The average Bonchev–Trinajstić information content (AvgIpc) is 3.19. The maximum Gasteiger partial charge on any atom is 0.307 e. The van der Waals surface area contributed by atoms with E-state index in [0.29, 0.717) is 18.7 Å². The molecule has 1 fully saturated rings. The SMILES string of the molecule is CC(CNC(=O)C1CC1C(=O)O)Oc1ccccc1Br. The number of hydrogen-bond donors (Lipinski definition) is 2. The molecule has 0 aliphatic heterocycles. The third-order valence-electron chi connectivity index (χ3n) is 3.17. The van der Waals surface area contributed by atoms with Crippen LogP contribution < -0.4 is 10.1 Å². The second-order valence-corrected chi connectivity index (χ2v) is 5.75. The molecule has 0 radical (unpaired) electrons. The zero-order valence-corrected chi connectivity index (χ0v) is 12.6. The minimum absolute atomic E-state index is 0.195. The molecule has 2 N–H and O–H groups in total. The van der Waals surface area contributed by atoms with Crippen LogP contribution in [0.2, 0.25) is 0 Å². The molecule has 3 atom stereocenters. The number of hydrogen-bond acceptors (Lipinski definition) is 3. The maximum absolute atomic E-state index is 11.7. The molecule has 1 aromatic carbocycles. The normalized spacial score (nSPS) is 21.9. The molecule has 1 aliphatic carbocycles. The number of aliphatic carboxylic acids is 1. The van der Waals surface area contributed by atoms with Crippen molar-refractivity contribution in [3.63, 3.8) is 0 Å². The van der Waals surface area contributed by atoms with Gasteiger partial charge in [0.15, 0.2) is 0 Å². The minimum atomic E-state index is -0.900. The van der Waals surface area contributed by atoms with E-state index in [1.165, 1.54) is 0 Å². The Morgan fingerprint density at radius 2 is 2.15 bits per heavy atom. The first-order valence-corrected chi connectivity index (χ1v) is 7.20. The van der Waals surface area contributed by atoms with E-state index in [-0.39, 0.29) is 17.9 Å². The first-order valence-electron chi connectivity index (χ1n) is 6.40. The summed E-state index contributed by atoms with van der Waals surface area (Å²) >= 11 is 3.38. The van der Waals surface area contributed by atoms with Crippen LogP contribution in [0.15, 0.2) is 28.7 Å². The van der Waals surface area contributed by atoms with E-state index >= 15 is 0 Å². The van der Waals surface area contributed by atoms with Crippen LogP contribution in [-0.4, -0.2) is 29.6 Å². The molecule has 108 valence electrons. The van der Waals surface area contributed by atoms with Crippen molar-refractivity contribution in [3.8, 4) is 5.75 Å². The number of amides is 1.